The summed E-state index contributed by atoms with van der Waals surface area (Å²) in [5.41, 5.74) is 0. The van der Waals surface area contributed by atoms with E-state index in [0.717, 1.165) is 5.75 Å². The van der Waals surface area contributed by atoms with Gasteiger partial charge in [0.1, 0.15) is 10.5 Å². The average Bonchev–Trinajstić information content (AvgIpc) is 2.59. The van der Waals surface area contributed by atoms with Crippen molar-refractivity contribution < 1.29 is 17.9 Å². The van der Waals surface area contributed by atoms with Gasteiger partial charge < -0.3 is 4.74 Å². The molecule has 0 radical (unpaired) electrons. The molecule has 6 heteroatoms. The Kier molecular flexibility index (Phi) is 6.25. The Bertz CT molecular complexity index is 812. The highest BCUT2D eigenvalue weighted by atomic mass is 35.5. The first kappa shape index (κ1) is 19.5. The first-order valence-corrected chi connectivity index (χ1v) is 9.82. The van der Waals surface area contributed by atoms with Crippen LogP contribution in [0.1, 0.15) is 26.7 Å². The van der Waals surface area contributed by atoms with Gasteiger partial charge in [0.2, 0.25) is 0 Å². The normalized spacial score (nSPS) is 12.0. The van der Waals surface area contributed by atoms with Crippen LogP contribution in [0.4, 0.5) is 0 Å². The zero-order valence-corrected chi connectivity index (χ0v) is 15.8. The molecule has 0 heterocycles. The third kappa shape index (κ3) is 4.61. The van der Waals surface area contributed by atoms with Crippen molar-refractivity contribution in [3.63, 3.8) is 0 Å². The lowest BCUT2D eigenvalue weighted by molar-refractivity contribution is -0.121. The third-order valence-electron chi connectivity index (χ3n) is 4.03. The van der Waals surface area contributed by atoms with E-state index < -0.39 is 14.6 Å². The number of benzene rings is 2. The first-order chi connectivity index (χ1) is 11.7. The number of rotatable bonds is 8. The Hall–Kier alpha value is -1.85. The number of carbonyl (C=O) groups excluding carboxylic acids is 1. The Morgan fingerprint density at radius 1 is 1.04 bits per heavy atom. The van der Waals surface area contributed by atoms with E-state index >= 15 is 0 Å². The van der Waals surface area contributed by atoms with E-state index in [1.165, 1.54) is 38.1 Å². The summed E-state index contributed by atoms with van der Waals surface area (Å²) in [4.78, 5) is 12.6. The van der Waals surface area contributed by atoms with E-state index in [-0.39, 0.29) is 17.1 Å². The van der Waals surface area contributed by atoms with Gasteiger partial charge in [-0.3, -0.25) is 4.79 Å². The van der Waals surface area contributed by atoms with Gasteiger partial charge in [0.05, 0.1) is 11.5 Å². The SMILES string of the molecule is CC(C)(C(=O)CCCOc1ccccc1)S(=O)(=O)c1ccc(Cl)cc1. The van der Waals surface area contributed by atoms with Gasteiger partial charge in [0.15, 0.2) is 15.6 Å². The van der Waals surface area contributed by atoms with Crippen LogP contribution in [0.15, 0.2) is 59.5 Å². The van der Waals surface area contributed by atoms with Crippen molar-refractivity contribution in [2.45, 2.75) is 36.3 Å². The molecule has 0 atom stereocenters. The van der Waals surface area contributed by atoms with E-state index in [1.807, 2.05) is 30.3 Å². The lowest BCUT2D eigenvalue weighted by atomic mass is 10.0. The number of hydrogen-bond donors (Lipinski definition) is 0. The smallest absolute Gasteiger partial charge is 0.190 e. The standard InChI is InChI=1S/C19H21ClO4S/c1-19(2,25(22,23)17-12-10-15(20)11-13-17)18(21)9-6-14-24-16-7-4-3-5-8-16/h3-5,7-8,10-13H,6,9,14H2,1-2H3. The number of ether oxygens (including phenoxy) is 1. The first-order valence-electron chi connectivity index (χ1n) is 7.96. The second-order valence-electron chi connectivity index (χ2n) is 6.16. The molecule has 0 bridgehead atoms. The second kappa shape index (κ2) is 8.02. The van der Waals surface area contributed by atoms with Crippen molar-refractivity contribution in [1.29, 1.82) is 0 Å². The topological polar surface area (TPSA) is 60.4 Å². The fraction of sp³-hybridized carbons (Fsp3) is 0.316. The minimum atomic E-state index is -3.79. The summed E-state index contributed by atoms with van der Waals surface area (Å²) in [5, 5.41) is 0.446. The number of sulfone groups is 1. The van der Waals surface area contributed by atoms with Gasteiger partial charge in [0, 0.05) is 11.4 Å². The molecule has 134 valence electrons. The van der Waals surface area contributed by atoms with E-state index in [4.69, 9.17) is 16.3 Å². The summed E-state index contributed by atoms with van der Waals surface area (Å²) in [6.45, 7) is 3.24. The molecule has 0 unspecified atom stereocenters. The molecule has 0 saturated heterocycles. The van der Waals surface area contributed by atoms with E-state index in [2.05, 4.69) is 0 Å². The van der Waals surface area contributed by atoms with E-state index in [1.54, 1.807) is 0 Å². The van der Waals surface area contributed by atoms with Crippen molar-refractivity contribution >= 4 is 27.2 Å². The number of carbonyl (C=O) groups is 1. The second-order valence-corrected chi connectivity index (χ2v) is 9.09. The maximum atomic E-state index is 12.8. The van der Waals surface area contributed by atoms with Crippen LogP contribution in [0.25, 0.3) is 0 Å². The van der Waals surface area contributed by atoms with Gasteiger partial charge in [-0.25, -0.2) is 8.42 Å². The van der Waals surface area contributed by atoms with Gasteiger partial charge in [-0.1, -0.05) is 29.8 Å². The lowest BCUT2D eigenvalue weighted by Gasteiger charge is -2.23. The molecular formula is C19H21ClO4S. The maximum absolute atomic E-state index is 12.8. The fourth-order valence-corrected chi connectivity index (χ4v) is 3.91. The highest BCUT2D eigenvalue weighted by Crippen LogP contribution is 2.28. The molecule has 2 aromatic carbocycles. The van der Waals surface area contributed by atoms with Gasteiger partial charge in [-0.05, 0) is 56.7 Å². The monoisotopic (exact) mass is 380 g/mol. The molecule has 0 spiro atoms. The van der Waals surface area contributed by atoms with Crippen LogP contribution in [-0.2, 0) is 14.6 Å². The molecule has 0 saturated carbocycles. The highest BCUT2D eigenvalue weighted by molar-refractivity contribution is 7.93. The number of halogens is 1. The fourth-order valence-electron chi connectivity index (χ4n) is 2.30. The lowest BCUT2D eigenvalue weighted by Crippen LogP contribution is -2.40. The summed E-state index contributed by atoms with van der Waals surface area (Å²) in [6, 6.07) is 15.1. The van der Waals surface area contributed by atoms with Crippen LogP contribution in [0.2, 0.25) is 5.02 Å². The molecule has 0 aliphatic heterocycles. The zero-order chi connectivity index (χ0) is 18.5. The third-order valence-corrected chi connectivity index (χ3v) is 6.74. The molecule has 0 aliphatic carbocycles. The molecule has 0 aliphatic rings. The van der Waals surface area contributed by atoms with Gasteiger partial charge in [0.25, 0.3) is 0 Å². The van der Waals surface area contributed by atoms with Crippen molar-refractivity contribution in [3.8, 4) is 5.75 Å². The minimum Gasteiger partial charge on any atom is -0.494 e. The number of para-hydroxylation sites is 1. The van der Waals surface area contributed by atoms with Gasteiger partial charge >= 0.3 is 0 Å². The van der Waals surface area contributed by atoms with Crippen LogP contribution in [0.3, 0.4) is 0 Å². The highest BCUT2D eigenvalue weighted by Gasteiger charge is 2.41. The largest absolute Gasteiger partial charge is 0.494 e. The Labute approximate surface area is 153 Å². The average molecular weight is 381 g/mol. The Morgan fingerprint density at radius 2 is 1.64 bits per heavy atom. The Balaban J connectivity index is 1.98. The summed E-state index contributed by atoms with van der Waals surface area (Å²) in [7, 11) is -3.79. The van der Waals surface area contributed by atoms with E-state index in [9.17, 15) is 13.2 Å². The molecule has 2 rings (SSSR count). The van der Waals surface area contributed by atoms with Crippen LogP contribution in [0, 0.1) is 0 Å². The molecule has 2 aromatic rings. The van der Waals surface area contributed by atoms with Crippen LogP contribution in [-0.4, -0.2) is 25.6 Å². The van der Waals surface area contributed by atoms with Crippen LogP contribution in [0.5, 0.6) is 5.75 Å². The molecule has 0 amide bonds. The molecule has 0 fully saturated rings. The molecular weight excluding hydrogens is 360 g/mol. The van der Waals surface area contributed by atoms with E-state index in [0.29, 0.717) is 18.1 Å². The van der Waals surface area contributed by atoms with Crippen molar-refractivity contribution in [1.82, 2.24) is 0 Å². The molecule has 25 heavy (non-hydrogen) atoms. The van der Waals surface area contributed by atoms with Crippen LogP contribution < -0.4 is 4.74 Å². The summed E-state index contributed by atoms with van der Waals surface area (Å²) in [6.07, 6.45) is 0.583. The quantitative estimate of drug-likeness (QED) is 0.640. The van der Waals surface area contributed by atoms with Gasteiger partial charge in [-0.15, -0.1) is 0 Å². The van der Waals surface area contributed by atoms with Crippen molar-refractivity contribution in [3.05, 3.63) is 59.6 Å². The number of Topliss-reactive ketones (excluding diaryl/α,β-unsaturated/α-hetero) is 1. The summed E-state index contributed by atoms with van der Waals surface area (Å²) < 4.78 is 29.6. The predicted octanol–water partition coefficient (Wildman–Crippen LogP) is 4.32. The Morgan fingerprint density at radius 3 is 2.24 bits per heavy atom. The molecule has 0 aromatic heterocycles. The molecule has 4 nitrogen and oxygen atoms in total. The van der Waals surface area contributed by atoms with Crippen LogP contribution >= 0.6 is 11.6 Å². The van der Waals surface area contributed by atoms with Gasteiger partial charge in [-0.2, -0.15) is 0 Å². The van der Waals surface area contributed by atoms with Crippen molar-refractivity contribution in [2.75, 3.05) is 6.61 Å². The molecule has 0 N–H and O–H groups in total. The predicted molar refractivity (Wildman–Crippen MR) is 98.9 cm³/mol. The van der Waals surface area contributed by atoms with Crippen molar-refractivity contribution in [2.24, 2.45) is 0 Å². The number of hydrogen-bond acceptors (Lipinski definition) is 4. The summed E-state index contributed by atoms with van der Waals surface area (Å²) in [5.74, 6) is 0.391. The minimum absolute atomic E-state index is 0.0933. The summed E-state index contributed by atoms with van der Waals surface area (Å²) >= 11 is 5.80. The number of ketones is 1. The maximum Gasteiger partial charge on any atom is 0.190 e. The zero-order valence-electron chi connectivity index (χ0n) is 14.2.